The standard InChI is InChI=1S/C16H25N3O/c1-4-7-17-14-5-6-15(18-9-14)16(20)19-10-12(2)8-13(3)11-19/h5-6,9,12-13,17H,4,7-8,10-11H2,1-3H3. The maximum absolute atomic E-state index is 12.5. The second kappa shape index (κ2) is 6.73. The van der Waals surface area contributed by atoms with Crippen LogP contribution in [0.5, 0.6) is 0 Å². The summed E-state index contributed by atoms with van der Waals surface area (Å²) in [5.41, 5.74) is 1.53. The van der Waals surface area contributed by atoms with E-state index in [1.807, 2.05) is 17.0 Å². The van der Waals surface area contributed by atoms with Crippen molar-refractivity contribution in [2.45, 2.75) is 33.6 Å². The van der Waals surface area contributed by atoms with Crippen LogP contribution in [0.25, 0.3) is 0 Å². The summed E-state index contributed by atoms with van der Waals surface area (Å²) in [6, 6.07) is 3.76. The second-order valence-electron chi connectivity index (χ2n) is 6.02. The molecular formula is C16H25N3O. The molecule has 20 heavy (non-hydrogen) atoms. The number of pyridine rings is 1. The minimum Gasteiger partial charge on any atom is -0.384 e. The Hall–Kier alpha value is -1.58. The number of carbonyl (C=O) groups is 1. The Labute approximate surface area is 121 Å². The van der Waals surface area contributed by atoms with Crippen molar-refractivity contribution < 1.29 is 4.79 Å². The molecule has 1 aromatic rings. The van der Waals surface area contributed by atoms with E-state index in [1.165, 1.54) is 6.42 Å². The fraction of sp³-hybridized carbons (Fsp3) is 0.625. The van der Waals surface area contributed by atoms with Crippen LogP contribution in [0.2, 0.25) is 0 Å². The summed E-state index contributed by atoms with van der Waals surface area (Å²) in [7, 11) is 0. The van der Waals surface area contributed by atoms with E-state index in [1.54, 1.807) is 6.20 Å². The van der Waals surface area contributed by atoms with Gasteiger partial charge in [0.15, 0.2) is 0 Å². The SMILES string of the molecule is CCCNc1ccc(C(=O)N2CC(C)CC(C)C2)nc1. The van der Waals surface area contributed by atoms with Crippen LogP contribution >= 0.6 is 0 Å². The van der Waals surface area contributed by atoms with Gasteiger partial charge in [-0.1, -0.05) is 20.8 Å². The fourth-order valence-electron chi connectivity index (χ4n) is 2.89. The number of likely N-dealkylation sites (tertiary alicyclic amines) is 1. The molecule has 110 valence electrons. The fourth-order valence-corrected chi connectivity index (χ4v) is 2.89. The molecule has 2 rings (SSSR count). The lowest BCUT2D eigenvalue weighted by Gasteiger charge is -2.34. The molecule has 1 aliphatic heterocycles. The topological polar surface area (TPSA) is 45.2 Å². The Morgan fingerprint density at radius 3 is 2.60 bits per heavy atom. The highest BCUT2D eigenvalue weighted by Gasteiger charge is 2.26. The summed E-state index contributed by atoms with van der Waals surface area (Å²) in [6.07, 6.45) is 4.03. The van der Waals surface area contributed by atoms with Gasteiger partial charge in [-0.15, -0.1) is 0 Å². The first kappa shape index (κ1) is 14.8. The third-order valence-corrected chi connectivity index (χ3v) is 3.72. The highest BCUT2D eigenvalue weighted by atomic mass is 16.2. The first-order valence-electron chi connectivity index (χ1n) is 7.59. The molecule has 0 spiro atoms. The average Bonchev–Trinajstić information content (AvgIpc) is 2.44. The van der Waals surface area contributed by atoms with E-state index in [0.717, 1.165) is 31.7 Å². The first-order valence-corrected chi connectivity index (χ1v) is 7.59. The van der Waals surface area contributed by atoms with Crippen molar-refractivity contribution in [2.75, 3.05) is 25.0 Å². The lowest BCUT2D eigenvalue weighted by Crippen LogP contribution is -2.42. The van der Waals surface area contributed by atoms with Crippen LogP contribution in [0.4, 0.5) is 5.69 Å². The summed E-state index contributed by atoms with van der Waals surface area (Å²) in [5, 5.41) is 3.27. The van der Waals surface area contributed by atoms with Crippen molar-refractivity contribution in [3.05, 3.63) is 24.0 Å². The predicted octanol–water partition coefficient (Wildman–Crippen LogP) is 3.02. The quantitative estimate of drug-likeness (QED) is 0.918. The molecule has 1 amide bonds. The van der Waals surface area contributed by atoms with Crippen molar-refractivity contribution >= 4 is 11.6 Å². The number of carbonyl (C=O) groups excluding carboxylic acids is 1. The van der Waals surface area contributed by atoms with Gasteiger partial charge in [-0.2, -0.15) is 0 Å². The Morgan fingerprint density at radius 1 is 1.35 bits per heavy atom. The molecule has 0 aromatic carbocycles. The highest BCUT2D eigenvalue weighted by Crippen LogP contribution is 2.22. The van der Waals surface area contributed by atoms with E-state index in [0.29, 0.717) is 17.5 Å². The molecule has 1 saturated heterocycles. The third-order valence-electron chi connectivity index (χ3n) is 3.72. The summed E-state index contributed by atoms with van der Waals surface area (Å²) < 4.78 is 0. The average molecular weight is 275 g/mol. The van der Waals surface area contributed by atoms with Gasteiger partial charge >= 0.3 is 0 Å². The zero-order chi connectivity index (χ0) is 14.5. The molecule has 0 radical (unpaired) electrons. The largest absolute Gasteiger partial charge is 0.384 e. The third kappa shape index (κ3) is 3.71. The van der Waals surface area contributed by atoms with E-state index in [9.17, 15) is 4.79 Å². The Kier molecular flexibility index (Phi) is 4.99. The number of hydrogen-bond donors (Lipinski definition) is 1. The van der Waals surface area contributed by atoms with Crippen LogP contribution in [-0.4, -0.2) is 35.4 Å². The number of hydrogen-bond acceptors (Lipinski definition) is 3. The van der Waals surface area contributed by atoms with Crippen LogP contribution in [0.3, 0.4) is 0 Å². The van der Waals surface area contributed by atoms with E-state index < -0.39 is 0 Å². The van der Waals surface area contributed by atoms with Crippen LogP contribution in [-0.2, 0) is 0 Å². The maximum Gasteiger partial charge on any atom is 0.272 e. The van der Waals surface area contributed by atoms with E-state index in [-0.39, 0.29) is 5.91 Å². The lowest BCUT2D eigenvalue weighted by atomic mass is 9.92. The minimum absolute atomic E-state index is 0.0606. The Morgan fingerprint density at radius 2 is 2.05 bits per heavy atom. The number of amides is 1. The maximum atomic E-state index is 12.5. The molecule has 1 fully saturated rings. The van der Waals surface area contributed by atoms with Gasteiger partial charge in [-0.3, -0.25) is 4.79 Å². The zero-order valence-electron chi connectivity index (χ0n) is 12.7. The van der Waals surface area contributed by atoms with Crippen LogP contribution in [0, 0.1) is 11.8 Å². The number of rotatable bonds is 4. The van der Waals surface area contributed by atoms with Crippen molar-refractivity contribution in [1.29, 1.82) is 0 Å². The highest BCUT2D eigenvalue weighted by molar-refractivity contribution is 5.92. The van der Waals surface area contributed by atoms with Gasteiger partial charge in [0.05, 0.1) is 11.9 Å². The van der Waals surface area contributed by atoms with E-state index in [2.05, 4.69) is 31.1 Å². The van der Waals surface area contributed by atoms with E-state index >= 15 is 0 Å². The van der Waals surface area contributed by atoms with Crippen LogP contribution in [0.1, 0.15) is 44.1 Å². The molecule has 0 aliphatic carbocycles. The van der Waals surface area contributed by atoms with E-state index in [4.69, 9.17) is 0 Å². The zero-order valence-corrected chi connectivity index (χ0v) is 12.7. The second-order valence-corrected chi connectivity index (χ2v) is 6.02. The van der Waals surface area contributed by atoms with Crippen molar-refractivity contribution in [2.24, 2.45) is 11.8 Å². The molecule has 4 heteroatoms. The van der Waals surface area contributed by atoms with Gasteiger partial charge in [0.2, 0.25) is 0 Å². The van der Waals surface area contributed by atoms with Crippen LogP contribution < -0.4 is 5.32 Å². The Bertz CT molecular complexity index is 434. The summed E-state index contributed by atoms with van der Waals surface area (Å²) in [5.74, 6) is 1.21. The normalized spacial score (nSPS) is 22.6. The summed E-state index contributed by atoms with van der Waals surface area (Å²) >= 11 is 0. The van der Waals surface area contributed by atoms with Gasteiger partial charge in [-0.25, -0.2) is 4.98 Å². The molecule has 4 nitrogen and oxygen atoms in total. The monoisotopic (exact) mass is 275 g/mol. The van der Waals surface area contributed by atoms with Gasteiger partial charge in [0, 0.05) is 19.6 Å². The number of anilines is 1. The molecule has 2 atom stereocenters. The molecular weight excluding hydrogens is 250 g/mol. The van der Waals surface area contributed by atoms with Crippen molar-refractivity contribution in [3.63, 3.8) is 0 Å². The summed E-state index contributed by atoms with van der Waals surface area (Å²) in [4.78, 5) is 18.7. The number of nitrogens with one attached hydrogen (secondary N) is 1. The van der Waals surface area contributed by atoms with Gasteiger partial charge < -0.3 is 10.2 Å². The Balaban J connectivity index is 2.01. The first-order chi connectivity index (χ1) is 9.60. The predicted molar refractivity (Wildman–Crippen MR) is 81.9 cm³/mol. The molecule has 1 N–H and O–H groups in total. The minimum atomic E-state index is 0.0606. The number of aromatic nitrogens is 1. The molecule has 1 aliphatic rings. The van der Waals surface area contributed by atoms with Crippen LogP contribution in [0.15, 0.2) is 18.3 Å². The summed E-state index contributed by atoms with van der Waals surface area (Å²) in [6.45, 7) is 9.16. The lowest BCUT2D eigenvalue weighted by molar-refractivity contribution is 0.0617. The number of nitrogens with zero attached hydrogens (tertiary/aromatic N) is 2. The van der Waals surface area contributed by atoms with Gasteiger partial charge in [0.25, 0.3) is 5.91 Å². The molecule has 0 saturated carbocycles. The molecule has 2 heterocycles. The number of piperidine rings is 1. The van der Waals surface area contributed by atoms with Gasteiger partial charge in [0.1, 0.15) is 5.69 Å². The van der Waals surface area contributed by atoms with Gasteiger partial charge in [-0.05, 0) is 36.8 Å². The molecule has 1 aromatic heterocycles. The molecule has 0 bridgehead atoms. The van der Waals surface area contributed by atoms with Crippen molar-refractivity contribution in [3.8, 4) is 0 Å². The smallest absolute Gasteiger partial charge is 0.272 e. The van der Waals surface area contributed by atoms with Crippen molar-refractivity contribution in [1.82, 2.24) is 9.88 Å². The molecule has 2 unspecified atom stereocenters.